The second-order valence-electron chi connectivity index (χ2n) is 2.78. The van der Waals surface area contributed by atoms with E-state index in [0.717, 1.165) is 7.11 Å². The van der Waals surface area contributed by atoms with E-state index >= 15 is 0 Å². The van der Waals surface area contributed by atoms with E-state index < -0.39 is 29.5 Å². The van der Waals surface area contributed by atoms with Gasteiger partial charge in [0, 0.05) is 11.6 Å². The smallest absolute Gasteiger partial charge is 0.340 e. The van der Waals surface area contributed by atoms with Crippen LogP contribution in [0.3, 0.4) is 0 Å². The number of halogens is 4. The van der Waals surface area contributed by atoms with Crippen molar-refractivity contribution in [2.45, 2.75) is 12.3 Å². The molecule has 0 spiro atoms. The number of pyridine rings is 1. The zero-order valence-electron chi connectivity index (χ0n) is 8.14. The van der Waals surface area contributed by atoms with Gasteiger partial charge in [-0.15, -0.1) is 11.6 Å². The Morgan fingerprint density at radius 1 is 1.62 bits per heavy atom. The van der Waals surface area contributed by atoms with Crippen molar-refractivity contribution >= 4 is 17.6 Å². The molecular formula is C9H7ClF3NO2. The predicted octanol–water partition coefficient (Wildman–Crippen LogP) is 2.68. The molecule has 0 amide bonds. The Balaban J connectivity index is 3.45. The Hall–Kier alpha value is -1.30. The Kier molecular flexibility index (Phi) is 4.12. The van der Waals surface area contributed by atoms with Crippen LogP contribution in [-0.4, -0.2) is 18.1 Å². The summed E-state index contributed by atoms with van der Waals surface area (Å²) >= 11 is 5.40. The fourth-order valence-corrected chi connectivity index (χ4v) is 1.38. The number of hydrogen-bond donors (Lipinski definition) is 0. The van der Waals surface area contributed by atoms with Crippen LogP contribution in [0.15, 0.2) is 6.07 Å². The lowest BCUT2D eigenvalue weighted by Crippen LogP contribution is -2.12. The van der Waals surface area contributed by atoms with Gasteiger partial charge in [-0.1, -0.05) is 0 Å². The molecule has 7 heteroatoms. The molecule has 0 bridgehead atoms. The van der Waals surface area contributed by atoms with Crippen LogP contribution >= 0.6 is 11.6 Å². The van der Waals surface area contributed by atoms with Crippen molar-refractivity contribution in [1.29, 1.82) is 0 Å². The zero-order chi connectivity index (χ0) is 12.3. The maximum Gasteiger partial charge on any atom is 0.340 e. The van der Waals surface area contributed by atoms with Gasteiger partial charge < -0.3 is 4.74 Å². The van der Waals surface area contributed by atoms with E-state index in [1.165, 1.54) is 0 Å². The first kappa shape index (κ1) is 12.8. The van der Waals surface area contributed by atoms with Gasteiger partial charge in [-0.3, -0.25) is 0 Å². The molecule has 3 nitrogen and oxygen atoms in total. The van der Waals surface area contributed by atoms with E-state index in [9.17, 15) is 18.0 Å². The summed E-state index contributed by atoms with van der Waals surface area (Å²) in [5.41, 5.74) is -1.51. The SMILES string of the molecule is COC(=O)c1c(C(F)F)cc(F)nc1CCl. The van der Waals surface area contributed by atoms with Crippen LogP contribution in [0.5, 0.6) is 0 Å². The van der Waals surface area contributed by atoms with Gasteiger partial charge in [0.05, 0.1) is 24.2 Å². The molecule has 0 aliphatic heterocycles. The number of carbonyl (C=O) groups excluding carboxylic acids is 1. The van der Waals surface area contributed by atoms with Gasteiger partial charge in [-0.2, -0.15) is 4.39 Å². The molecule has 16 heavy (non-hydrogen) atoms. The predicted molar refractivity (Wildman–Crippen MR) is 50.0 cm³/mol. The Morgan fingerprint density at radius 3 is 2.69 bits per heavy atom. The quantitative estimate of drug-likeness (QED) is 0.472. The molecule has 0 unspecified atom stereocenters. The summed E-state index contributed by atoms with van der Waals surface area (Å²) in [7, 11) is 1.03. The fraction of sp³-hybridized carbons (Fsp3) is 0.333. The maximum absolute atomic E-state index is 12.9. The third-order valence-corrected chi connectivity index (χ3v) is 2.10. The standard InChI is InChI=1S/C9H7ClF3NO2/c1-16-9(15)7-4(8(12)13)2-6(11)14-5(7)3-10/h2,8H,3H2,1H3. The van der Waals surface area contributed by atoms with Crippen molar-refractivity contribution in [3.63, 3.8) is 0 Å². The van der Waals surface area contributed by atoms with Gasteiger partial charge in [-0.05, 0) is 0 Å². The fourth-order valence-electron chi connectivity index (χ4n) is 1.19. The van der Waals surface area contributed by atoms with Gasteiger partial charge in [-0.25, -0.2) is 18.6 Å². The number of ether oxygens (including phenoxy) is 1. The molecule has 1 aromatic rings. The highest BCUT2D eigenvalue weighted by Gasteiger charge is 2.24. The largest absolute Gasteiger partial charge is 0.465 e. The molecule has 0 saturated heterocycles. The zero-order valence-corrected chi connectivity index (χ0v) is 8.89. The summed E-state index contributed by atoms with van der Waals surface area (Å²) in [6.45, 7) is 0. The maximum atomic E-state index is 12.9. The third-order valence-electron chi connectivity index (χ3n) is 1.84. The monoisotopic (exact) mass is 253 g/mol. The van der Waals surface area contributed by atoms with E-state index in [0.29, 0.717) is 6.07 Å². The van der Waals surface area contributed by atoms with E-state index in [1.54, 1.807) is 0 Å². The molecule has 0 radical (unpaired) electrons. The number of methoxy groups -OCH3 is 1. The molecule has 0 aromatic carbocycles. The van der Waals surface area contributed by atoms with Gasteiger partial charge in [0.25, 0.3) is 6.43 Å². The van der Waals surface area contributed by atoms with Crippen molar-refractivity contribution in [3.8, 4) is 0 Å². The molecule has 0 N–H and O–H groups in total. The van der Waals surface area contributed by atoms with Gasteiger partial charge in [0.2, 0.25) is 5.95 Å². The topological polar surface area (TPSA) is 39.2 Å². The molecule has 0 aliphatic rings. The molecule has 1 aromatic heterocycles. The highest BCUT2D eigenvalue weighted by molar-refractivity contribution is 6.17. The molecule has 0 aliphatic carbocycles. The highest BCUT2D eigenvalue weighted by atomic mass is 35.5. The van der Waals surface area contributed by atoms with Crippen molar-refractivity contribution in [1.82, 2.24) is 4.98 Å². The number of carbonyl (C=O) groups is 1. The lowest BCUT2D eigenvalue weighted by atomic mass is 10.1. The van der Waals surface area contributed by atoms with E-state index in [1.807, 2.05) is 0 Å². The molecule has 88 valence electrons. The molecule has 1 rings (SSSR count). The average Bonchev–Trinajstić information content (AvgIpc) is 2.26. The van der Waals surface area contributed by atoms with Crippen LogP contribution in [-0.2, 0) is 10.6 Å². The highest BCUT2D eigenvalue weighted by Crippen LogP contribution is 2.26. The van der Waals surface area contributed by atoms with Gasteiger partial charge in [0.15, 0.2) is 0 Å². The van der Waals surface area contributed by atoms with E-state index in [4.69, 9.17) is 11.6 Å². The first-order valence-electron chi connectivity index (χ1n) is 4.13. The number of alkyl halides is 3. The second kappa shape index (κ2) is 5.16. The number of rotatable bonds is 3. The van der Waals surface area contributed by atoms with Gasteiger partial charge in [0.1, 0.15) is 0 Å². The molecule has 0 saturated carbocycles. The minimum absolute atomic E-state index is 0.260. The van der Waals surface area contributed by atoms with Crippen molar-refractivity contribution in [2.75, 3.05) is 7.11 Å². The number of esters is 1. The van der Waals surface area contributed by atoms with E-state index in [2.05, 4.69) is 9.72 Å². The van der Waals surface area contributed by atoms with Crippen molar-refractivity contribution in [3.05, 3.63) is 28.8 Å². The van der Waals surface area contributed by atoms with Crippen LogP contribution in [0.2, 0.25) is 0 Å². The summed E-state index contributed by atoms with van der Waals surface area (Å²) < 4.78 is 42.3. The number of aromatic nitrogens is 1. The van der Waals surface area contributed by atoms with Crippen LogP contribution in [0, 0.1) is 5.95 Å². The van der Waals surface area contributed by atoms with Crippen LogP contribution in [0.1, 0.15) is 28.0 Å². The van der Waals surface area contributed by atoms with Crippen LogP contribution in [0.4, 0.5) is 13.2 Å². The van der Waals surface area contributed by atoms with Crippen molar-refractivity contribution < 1.29 is 22.7 Å². The minimum atomic E-state index is -3.01. The van der Waals surface area contributed by atoms with E-state index in [-0.39, 0.29) is 11.6 Å². The second-order valence-corrected chi connectivity index (χ2v) is 3.05. The normalized spacial score (nSPS) is 10.6. The molecular weight excluding hydrogens is 247 g/mol. The first-order valence-corrected chi connectivity index (χ1v) is 4.66. The van der Waals surface area contributed by atoms with Crippen molar-refractivity contribution in [2.24, 2.45) is 0 Å². The molecule has 1 heterocycles. The first-order chi connectivity index (χ1) is 7.51. The number of nitrogens with zero attached hydrogens (tertiary/aromatic N) is 1. The summed E-state index contributed by atoms with van der Waals surface area (Å²) in [5.74, 6) is -2.49. The Morgan fingerprint density at radius 2 is 2.25 bits per heavy atom. The summed E-state index contributed by atoms with van der Waals surface area (Å²) in [6.07, 6.45) is -3.01. The Bertz CT molecular complexity index is 412. The molecule has 0 fully saturated rings. The van der Waals surface area contributed by atoms with Crippen LogP contribution < -0.4 is 0 Å². The lowest BCUT2D eigenvalue weighted by molar-refractivity contribution is 0.0587. The minimum Gasteiger partial charge on any atom is -0.465 e. The summed E-state index contributed by atoms with van der Waals surface area (Å²) in [4.78, 5) is 14.5. The molecule has 0 atom stereocenters. The third kappa shape index (κ3) is 2.44. The summed E-state index contributed by atoms with van der Waals surface area (Å²) in [6, 6.07) is 0.493. The Labute approximate surface area is 94.2 Å². The van der Waals surface area contributed by atoms with Crippen LogP contribution in [0.25, 0.3) is 0 Å². The average molecular weight is 254 g/mol. The number of hydrogen-bond acceptors (Lipinski definition) is 3. The van der Waals surface area contributed by atoms with Gasteiger partial charge >= 0.3 is 5.97 Å². The lowest BCUT2D eigenvalue weighted by Gasteiger charge is -2.10. The summed E-state index contributed by atoms with van der Waals surface area (Å²) in [5, 5.41) is 0.